The van der Waals surface area contributed by atoms with Crippen molar-refractivity contribution in [1.29, 1.82) is 0 Å². The molecule has 0 aromatic carbocycles. The van der Waals surface area contributed by atoms with E-state index < -0.39 is 0 Å². The van der Waals surface area contributed by atoms with Gasteiger partial charge in [-0.1, -0.05) is 6.58 Å². The van der Waals surface area contributed by atoms with Crippen molar-refractivity contribution >= 4 is 22.0 Å². The summed E-state index contributed by atoms with van der Waals surface area (Å²) in [4.78, 5) is 10.8. The van der Waals surface area contributed by atoms with Crippen LogP contribution in [0.1, 0.15) is 5.69 Å². The summed E-state index contributed by atoms with van der Waals surface area (Å²) >= 11 is 2.97. The van der Waals surface area contributed by atoms with Crippen LogP contribution in [0.25, 0.3) is 6.08 Å². The summed E-state index contributed by atoms with van der Waals surface area (Å²) in [6.45, 7) is 3.48. The van der Waals surface area contributed by atoms with E-state index in [1.807, 2.05) is 0 Å². The number of hydrogen-bond acceptors (Lipinski definition) is 2. The van der Waals surface area contributed by atoms with E-state index in [9.17, 15) is 4.79 Å². The molecule has 0 saturated heterocycles. The summed E-state index contributed by atoms with van der Waals surface area (Å²) < 4.78 is 0.290. The molecule has 0 spiro atoms. The Labute approximate surface area is 65.9 Å². The van der Waals surface area contributed by atoms with Gasteiger partial charge in [-0.2, -0.15) is 5.10 Å². The molecule has 0 bridgehead atoms. The lowest BCUT2D eigenvalue weighted by Crippen LogP contribution is -2.05. The van der Waals surface area contributed by atoms with E-state index in [-0.39, 0.29) is 10.0 Å². The lowest BCUT2D eigenvalue weighted by Gasteiger charge is -1.90. The highest BCUT2D eigenvalue weighted by molar-refractivity contribution is 9.10. The molecular weight excluding hydrogens is 196 g/mol. The molecule has 0 saturated carbocycles. The fourth-order valence-electron chi connectivity index (χ4n) is 0.506. The van der Waals surface area contributed by atoms with E-state index in [2.05, 4.69) is 32.7 Å². The maximum Gasteiger partial charge on any atom is 0.215 e. The fraction of sp³-hybridized carbons (Fsp3) is 0. The summed E-state index contributed by atoms with van der Waals surface area (Å²) in [5.41, 5.74) is 0.474. The number of hydrogen-bond donors (Lipinski definition) is 1. The molecular formula is C6H5BrN2O. The van der Waals surface area contributed by atoms with Crippen molar-refractivity contribution in [3.8, 4) is 0 Å². The third-order valence-electron chi connectivity index (χ3n) is 0.993. The standard InChI is InChI=1S/C6H5BrN2O/c1-2-4-3-5(10)6(7)9-8-4/h2-3H,1H2,(H,8,10). The van der Waals surface area contributed by atoms with Crippen LogP contribution >= 0.6 is 15.9 Å². The lowest BCUT2D eigenvalue weighted by atomic mass is 10.4. The second-order valence-corrected chi connectivity index (χ2v) is 2.43. The zero-order valence-electron chi connectivity index (χ0n) is 5.10. The van der Waals surface area contributed by atoms with Gasteiger partial charge in [0.05, 0.1) is 5.69 Å². The molecule has 52 valence electrons. The Morgan fingerprint density at radius 3 is 3.00 bits per heavy atom. The molecule has 0 aliphatic heterocycles. The molecule has 10 heavy (non-hydrogen) atoms. The van der Waals surface area contributed by atoms with Crippen LogP contribution < -0.4 is 5.43 Å². The van der Waals surface area contributed by atoms with Gasteiger partial charge in [-0.15, -0.1) is 0 Å². The highest BCUT2D eigenvalue weighted by atomic mass is 79.9. The lowest BCUT2D eigenvalue weighted by molar-refractivity contribution is 0.978. The number of nitrogens with zero attached hydrogens (tertiary/aromatic N) is 1. The first-order valence-corrected chi connectivity index (χ1v) is 3.41. The van der Waals surface area contributed by atoms with Gasteiger partial charge in [-0.25, -0.2) is 0 Å². The molecule has 4 heteroatoms. The van der Waals surface area contributed by atoms with E-state index in [4.69, 9.17) is 0 Å². The Balaban J connectivity index is 3.30. The van der Waals surface area contributed by atoms with Crippen LogP contribution in [0.15, 0.2) is 22.0 Å². The number of H-pyrrole nitrogens is 1. The summed E-state index contributed by atoms with van der Waals surface area (Å²) in [6.07, 6.45) is 1.53. The highest BCUT2D eigenvalue weighted by Crippen LogP contribution is 1.96. The Hall–Kier alpha value is -0.900. The van der Waals surface area contributed by atoms with E-state index >= 15 is 0 Å². The van der Waals surface area contributed by atoms with E-state index in [1.54, 1.807) is 0 Å². The molecule has 1 N–H and O–H groups in total. The van der Waals surface area contributed by atoms with Crippen LogP contribution in [0.3, 0.4) is 0 Å². The second kappa shape index (κ2) is 2.79. The fourth-order valence-corrected chi connectivity index (χ4v) is 0.709. The number of nitrogens with one attached hydrogen (secondary N) is 1. The van der Waals surface area contributed by atoms with E-state index in [0.717, 1.165) is 0 Å². The van der Waals surface area contributed by atoms with Crippen LogP contribution in [0.4, 0.5) is 0 Å². The van der Waals surface area contributed by atoms with Gasteiger partial charge in [0, 0.05) is 6.07 Å². The summed E-state index contributed by atoms with van der Waals surface area (Å²) in [6, 6.07) is 1.42. The van der Waals surface area contributed by atoms with Crippen molar-refractivity contribution in [2.45, 2.75) is 0 Å². The predicted octanol–water partition coefficient (Wildman–Crippen LogP) is 1.18. The van der Waals surface area contributed by atoms with Crippen LogP contribution in [0.5, 0.6) is 0 Å². The SMILES string of the molecule is C=Cc1cc(=O)c(Br)n[nH]1. The minimum absolute atomic E-state index is 0.145. The van der Waals surface area contributed by atoms with Crippen molar-refractivity contribution in [2.24, 2.45) is 0 Å². The van der Waals surface area contributed by atoms with Crippen molar-refractivity contribution < 1.29 is 0 Å². The van der Waals surface area contributed by atoms with Gasteiger partial charge in [0.25, 0.3) is 0 Å². The molecule has 0 aliphatic carbocycles. The van der Waals surface area contributed by atoms with Gasteiger partial charge >= 0.3 is 0 Å². The van der Waals surface area contributed by atoms with Gasteiger partial charge in [0.15, 0.2) is 4.60 Å². The van der Waals surface area contributed by atoms with Crippen molar-refractivity contribution in [3.63, 3.8) is 0 Å². The molecule has 0 radical (unpaired) electrons. The largest absolute Gasteiger partial charge is 0.287 e. The topological polar surface area (TPSA) is 45.8 Å². The Bertz CT molecular complexity index is 305. The van der Waals surface area contributed by atoms with Crippen LogP contribution in [-0.2, 0) is 0 Å². The van der Waals surface area contributed by atoms with Gasteiger partial charge < -0.3 is 0 Å². The zero-order valence-corrected chi connectivity index (χ0v) is 6.68. The Morgan fingerprint density at radius 1 is 1.80 bits per heavy atom. The Kier molecular flexibility index (Phi) is 2.01. The number of aromatic amines is 1. The normalized spacial score (nSPS) is 9.30. The number of rotatable bonds is 1. The van der Waals surface area contributed by atoms with Crippen molar-refractivity contribution in [2.75, 3.05) is 0 Å². The minimum atomic E-state index is -0.145. The van der Waals surface area contributed by atoms with Crippen LogP contribution in [0.2, 0.25) is 0 Å². The first kappa shape index (κ1) is 7.21. The number of halogens is 1. The molecule has 1 aromatic rings. The molecule has 1 aromatic heterocycles. The van der Waals surface area contributed by atoms with Gasteiger partial charge in [-0.3, -0.25) is 9.89 Å². The smallest absolute Gasteiger partial charge is 0.215 e. The van der Waals surface area contributed by atoms with Gasteiger partial charge in [0.1, 0.15) is 0 Å². The number of aromatic nitrogens is 2. The average Bonchev–Trinajstić information content (AvgIpc) is 1.95. The molecule has 1 rings (SSSR count). The molecule has 0 amide bonds. The molecule has 0 fully saturated rings. The summed E-state index contributed by atoms with van der Waals surface area (Å²) in [5.74, 6) is 0. The molecule has 0 atom stereocenters. The monoisotopic (exact) mass is 200 g/mol. The quantitative estimate of drug-likeness (QED) is 0.741. The first-order chi connectivity index (χ1) is 4.74. The van der Waals surface area contributed by atoms with Gasteiger partial charge in [0.2, 0.25) is 5.43 Å². The Morgan fingerprint density at radius 2 is 2.50 bits per heavy atom. The van der Waals surface area contributed by atoms with Gasteiger partial charge in [-0.05, 0) is 22.0 Å². The zero-order chi connectivity index (χ0) is 7.56. The minimum Gasteiger partial charge on any atom is -0.287 e. The third-order valence-corrected chi connectivity index (χ3v) is 1.56. The van der Waals surface area contributed by atoms with Crippen molar-refractivity contribution in [1.82, 2.24) is 10.2 Å². The predicted molar refractivity (Wildman–Crippen MR) is 42.6 cm³/mol. The van der Waals surface area contributed by atoms with Crippen LogP contribution in [0, 0.1) is 0 Å². The molecule has 0 unspecified atom stereocenters. The van der Waals surface area contributed by atoms with E-state index in [1.165, 1.54) is 12.1 Å². The van der Waals surface area contributed by atoms with Crippen molar-refractivity contribution in [3.05, 3.63) is 33.2 Å². The third kappa shape index (κ3) is 1.33. The second-order valence-electron chi connectivity index (χ2n) is 1.68. The average molecular weight is 201 g/mol. The summed E-state index contributed by atoms with van der Waals surface area (Å²) in [7, 11) is 0. The molecule has 3 nitrogen and oxygen atoms in total. The summed E-state index contributed by atoms with van der Waals surface area (Å²) in [5, 5.41) is 6.27. The maximum absolute atomic E-state index is 10.8. The molecule has 1 heterocycles. The maximum atomic E-state index is 10.8. The first-order valence-electron chi connectivity index (χ1n) is 2.61. The van der Waals surface area contributed by atoms with E-state index in [0.29, 0.717) is 5.69 Å². The molecule has 0 aliphatic rings. The highest BCUT2D eigenvalue weighted by Gasteiger charge is 1.94. The van der Waals surface area contributed by atoms with Crippen LogP contribution in [-0.4, -0.2) is 10.2 Å².